The van der Waals surface area contributed by atoms with E-state index in [1.54, 1.807) is 0 Å². The average Bonchev–Trinajstić information content (AvgIpc) is 2.64. The van der Waals surface area contributed by atoms with Crippen LogP contribution in [0, 0.1) is 26.2 Å². The van der Waals surface area contributed by atoms with Crippen molar-refractivity contribution in [2.24, 2.45) is 5.73 Å². The molecule has 0 aliphatic carbocycles. The predicted octanol–water partition coefficient (Wildman–Crippen LogP) is 2.64. The van der Waals surface area contributed by atoms with Crippen molar-refractivity contribution in [2.75, 3.05) is 0 Å². The van der Waals surface area contributed by atoms with Gasteiger partial charge in [-0.25, -0.2) is 4.68 Å². The fraction of sp³-hybridized carbons (Fsp3) is 0.333. The van der Waals surface area contributed by atoms with Crippen LogP contribution in [0.15, 0.2) is 18.2 Å². The first kappa shape index (κ1) is 13.3. The molecule has 4 nitrogen and oxygen atoms in total. The molecule has 0 unspecified atom stereocenters. The first-order valence-electron chi connectivity index (χ1n) is 6.46. The fourth-order valence-electron chi connectivity index (χ4n) is 2.47. The maximum Gasteiger partial charge on any atom is 0.124 e. The van der Waals surface area contributed by atoms with Gasteiger partial charge in [0, 0.05) is 11.3 Å². The molecule has 1 heterocycles. The minimum absolute atomic E-state index is 0.0734. The molecule has 0 radical (unpaired) electrons. The van der Waals surface area contributed by atoms with Crippen LogP contribution in [0.25, 0.3) is 5.69 Å². The lowest BCUT2D eigenvalue weighted by Gasteiger charge is -2.11. The third-order valence-electron chi connectivity index (χ3n) is 3.47. The van der Waals surface area contributed by atoms with Crippen molar-refractivity contribution in [1.29, 1.82) is 5.41 Å². The lowest BCUT2D eigenvalue weighted by atomic mass is 10.1. The molecule has 0 saturated carbocycles. The molecule has 0 amide bonds. The average molecular weight is 256 g/mol. The van der Waals surface area contributed by atoms with E-state index >= 15 is 0 Å². The third-order valence-corrected chi connectivity index (χ3v) is 3.47. The molecule has 0 fully saturated rings. The van der Waals surface area contributed by atoms with Crippen LogP contribution < -0.4 is 5.73 Å². The predicted molar refractivity (Wildman–Crippen MR) is 78.2 cm³/mol. The first-order chi connectivity index (χ1) is 8.95. The minimum atomic E-state index is 0.0734. The van der Waals surface area contributed by atoms with E-state index < -0.39 is 0 Å². The number of hydrogen-bond acceptors (Lipinski definition) is 2. The summed E-state index contributed by atoms with van der Waals surface area (Å²) in [6, 6.07) is 5.93. The molecule has 1 aromatic carbocycles. The molecule has 3 N–H and O–H groups in total. The van der Waals surface area contributed by atoms with Crippen molar-refractivity contribution in [3.05, 3.63) is 46.3 Å². The molecule has 0 spiro atoms. The molecule has 0 aliphatic rings. The van der Waals surface area contributed by atoms with Gasteiger partial charge in [0.1, 0.15) is 5.84 Å². The maximum atomic E-state index is 7.73. The van der Waals surface area contributed by atoms with Crippen LogP contribution in [0.4, 0.5) is 0 Å². The molecule has 0 saturated heterocycles. The molecule has 100 valence electrons. The summed E-state index contributed by atoms with van der Waals surface area (Å²) in [5.41, 5.74) is 11.8. The Balaban J connectivity index is 2.69. The van der Waals surface area contributed by atoms with Gasteiger partial charge in [0.15, 0.2) is 0 Å². The van der Waals surface area contributed by atoms with Crippen molar-refractivity contribution in [3.63, 3.8) is 0 Å². The Kier molecular flexibility index (Phi) is 3.42. The molecular weight excluding hydrogens is 236 g/mol. The molecular formula is C15H20N4. The summed E-state index contributed by atoms with van der Waals surface area (Å²) in [7, 11) is 0. The Morgan fingerprint density at radius 3 is 2.53 bits per heavy atom. The maximum absolute atomic E-state index is 7.73. The van der Waals surface area contributed by atoms with Gasteiger partial charge < -0.3 is 5.73 Å². The number of nitrogens with two attached hydrogens (primary N) is 1. The Hall–Kier alpha value is -2.10. The number of nitrogens with one attached hydrogen (secondary N) is 1. The van der Waals surface area contributed by atoms with Gasteiger partial charge in [-0.3, -0.25) is 5.41 Å². The van der Waals surface area contributed by atoms with Gasteiger partial charge in [-0.15, -0.1) is 0 Å². The Morgan fingerprint density at radius 1 is 1.32 bits per heavy atom. The number of aromatic nitrogens is 2. The zero-order valence-electron chi connectivity index (χ0n) is 11.9. The standard InChI is InChI=1S/C15H20N4/c1-5-12-10(3)18-19(11(12)4)14-7-6-9(2)8-13(14)15(16)17/h6-8H,5H2,1-4H3,(H3,16,17). The summed E-state index contributed by atoms with van der Waals surface area (Å²) in [6.45, 7) is 8.20. The normalized spacial score (nSPS) is 10.7. The first-order valence-corrected chi connectivity index (χ1v) is 6.46. The number of hydrogen-bond donors (Lipinski definition) is 2. The molecule has 0 aliphatic heterocycles. The quantitative estimate of drug-likeness (QED) is 0.655. The van der Waals surface area contributed by atoms with Crippen LogP contribution in [-0.4, -0.2) is 15.6 Å². The topological polar surface area (TPSA) is 67.7 Å². The highest BCUT2D eigenvalue weighted by atomic mass is 15.3. The minimum Gasteiger partial charge on any atom is -0.384 e. The van der Waals surface area contributed by atoms with E-state index in [9.17, 15) is 0 Å². The number of nitrogens with zero attached hydrogens (tertiary/aromatic N) is 2. The van der Waals surface area contributed by atoms with Crippen molar-refractivity contribution in [1.82, 2.24) is 9.78 Å². The molecule has 1 aromatic heterocycles. The second kappa shape index (κ2) is 4.88. The highest BCUT2D eigenvalue weighted by molar-refractivity contribution is 5.98. The summed E-state index contributed by atoms with van der Waals surface area (Å²) < 4.78 is 1.89. The second-order valence-electron chi connectivity index (χ2n) is 4.85. The van der Waals surface area contributed by atoms with E-state index in [1.807, 2.05) is 36.7 Å². The highest BCUT2D eigenvalue weighted by Crippen LogP contribution is 2.21. The van der Waals surface area contributed by atoms with E-state index in [1.165, 1.54) is 5.56 Å². The van der Waals surface area contributed by atoms with Crippen LogP contribution in [0.5, 0.6) is 0 Å². The number of nitrogen functional groups attached to an aromatic ring is 1. The van der Waals surface area contributed by atoms with Gasteiger partial charge in [0.05, 0.1) is 11.4 Å². The summed E-state index contributed by atoms with van der Waals surface area (Å²) in [4.78, 5) is 0. The SMILES string of the molecule is CCc1c(C)nn(-c2ccc(C)cc2C(=N)N)c1C. The van der Waals surface area contributed by atoms with Gasteiger partial charge in [-0.05, 0) is 44.9 Å². The Morgan fingerprint density at radius 2 is 2.00 bits per heavy atom. The van der Waals surface area contributed by atoms with E-state index in [0.29, 0.717) is 0 Å². The third kappa shape index (κ3) is 2.26. The summed E-state index contributed by atoms with van der Waals surface area (Å²) in [6.07, 6.45) is 0.957. The van der Waals surface area contributed by atoms with Crippen LogP contribution >= 0.6 is 0 Å². The fourth-order valence-corrected chi connectivity index (χ4v) is 2.47. The van der Waals surface area contributed by atoms with Crippen molar-refractivity contribution in [3.8, 4) is 5.69 Å². The number of rotatable bonds is 3. The lowest BCUT2D eigenvalue weighted by molar-refractivity contribution is 0.830. The van der Waals surface area contributed by atoms with Crippen molar-refractivity contribution in [2.45, 2.75) is 34.1 Å². The van der Waals surface area contributed by atoms with Gasteiger partial charge in [0.25, 0.3) is 0 Å². The van der Waals surface area contributed by atoms with E-state index in [0.717, 1.165) is 34.6 Å². The van der Waals surface area contributed by atoms with Crippen LogP contribution in [0.2, 0.25) is 0 Å². The highest BCUT2D eigenvalue weighted by Gasteiger charge is 2.15. The van der Waals surface area contributed by atoms with Gasteiger partial charge in [0.2, 0.25) is 0 Å². The molecule has 4 heteroatoms. The number of benzene rings is 1. The van der Waals surface area contributed by atoms with Crippen LogP contribution in [-0.2, 0) is 6.42 Å². The number of aryl methyl sites for hydroxylation is 2. The van der Waals surface area contributed by atoms with Crippen LogP contribution in [0.1, 0.15) is 35.0 Å². The molecule has 0 bridgehead atoms. The summed E-state index contributed by atoms with van der Waals surface area (Å²) >= 11 is 0. The summed E-state index contributed by atoms with van der Waals surface area (Å²) in [5, 5.41) is 12.3. The van der Waals surface area contributed by atoms with E-state index in [-0.39, 0.29) is 5.84 Å². The largest absolute Gasteiger partial charge is 0.384 e. The zero-order chi connectivity index (χ0) is 14.2. The Bertz CT molecular complexity index is 638. The van der Waals surface area contributed by atoms with Crippen LogP contribution in [0.3, 0.4) is 0 Å². The van der Waals surface area contributed by atoms with E-state index in [4.69, 9.17) is 11.1 Å². The zero-order valence-corrected chi connectivity index (χ0v) is 11.9. The summed E-state index contributed by atoms with van der Waals surface area (Å²) in [5.74, 6) is 0.0734. The van der Waals surface area contributed by atoms with Gasteiger partial charge >= 0.3 is 0 Å². The van der Waals surface area contributed by atoms with Gasteiger partial charge in [-0.2, -0.15) is 5.10 Å². The second-order valence-corrected chi connectivity index (χ2v) is 4.85. The monoisotopic (exact) mass is 256 g/mol. The smallest absolute Gasteiger partial charge is 0.124 e. The van der Waals surface area contributed by atoms with E-state index in [2.05, 4.69) is 18.9 Å². The lowest BCUT2D eigenvalue weighted by Crippen LogP contribution is -2.16. The number of amidine groups is 1. The molecule has 2 aromatic rings. The Labute approximate surface area is 113 Å². The van der Waals surface area contributed by atoms with Gasteiger partial charge in [-0.1, -0.05) is 18.6 Å². The molecule has 0 atom stereocenters. The molecule has 2 rings (SSSR count). The molecule has 19 heavy (non-hydrogen) atoms. The van der Waals surface area contributed by atoms with Crippen molar-refractivity contribution >= 4 is 5.84 Å². The van der Waals surface area contributed by atoms with Crippen molar-refractivity contribution < 1.29 is 0 Å².